The van der Waals surface area contributed by atoms with Gasteiger partial charge in [0.2, 0.25) is 15.9 Å². The van der Waals surface area contributed by atoms with E-state index in [9.17, 15) is 23.1 Å². The lowest BCUT2D eigenvalue weighted by Crippen LogP contribution is -2.59. The molecule has 7 nitrogen and oxygen atoms in total. The number of sulfonamides is 1. The van der Waals surface area contributed by atoms with Crippen LogP contribution in [0.1, 0.15) is 74.1 Å². The zero-order valence-corrected chi connectivity index (χ0v) is 26.8. The lowest BCUT2D eigenvalue weighted by Gasteiger charge is -2.52. The molecule has 3 aliphatic rings. The van der Waals surface area contributed by atoms with Crippen molar-refractivity contribution < 1.29 is 23.1 Å². The Bertz CT molecular complexity index is 1660. The van der Waals surface area contributed by atoms with Crippen LogP contribution in [-0.4, -0.2) is 42.9 Å². The normalized spacial score (nSPS) is 25.4. The molecule has 1 amide bonds. The molecule has 1 heterocycles. The first-order valence-corrected chi connectivity index (χ1v) is 17.3. The highest BCUT2D eigenvalue weighted by molar-refractivity contribution is 7.90. The summed E-state index contributed by atoms with van der Waals surface area (Å²) < 4.78 is 29.7. The summed E-state index contributed by atoms with van der Waals surface area (Å²) in [7, 11) is -3.78. The predicted octanol–water partition coefficient (Wildman–Crippen LogP) is 6.92. The molecule has 0 aromatic heterocycles. The third-order valence-corrected chi connectivity index (χ3v) is 12.4. The van der Waals surface area contributed by atoms with Crippen LogP contribution in [-0.2, 0) is 24.4 Å². The number of carboxylic acids is 1. The Morgan fingerprint density at radius 2 is 1.66 bits per heavy atom. The molecule has 232 valence electrons. The van der Waals surface area contributed by atoms with Gasteiger partial charge < -0.3 is 10.0 Å². The summed E-state index contributed by atoms with van der Waals surface area (Å²) in [6.07, 6.45) is 2.72. The molecule has 1 saturated heterocycles. The molecule has 3 fully saturated rings. The van der Waals surface area contributed by atoms with Crippen molar-refractivity contribution >= 4 is 45.1 Å². The van der Waals surface area contributed by atoms with Crippen LogP contribution in [0.5, 0.6) is 0 Å². The first kappa shape index (κ1) is 31.1. The number of benzene rings is 3. The lowest BCUT2D eigenvalue weighted by molar-refractivity contribution is -0.161. The molecule has 4 atom stereocenters. The Kier molecular flexibility index (Phi) is 8.33. The van der Waals surface area contributed by atoms with Crippen LogP contribution in [0.25, 0.3) is 0 Å². The molecule has 2 saturated carbocycles. The van der Waals surface area contributed by atoms with Gasteiger partial charge in [-0.3, -0.25) is 9.59 Å². The topological polar surface area (TPSA) is 104 Å². The zero-order valence-electron chi connectivity index (χ0n) is 24.5. The highest BCUT2D eigenvalue weighted by Gasteiger charge is 2.58. The number of halogens is 2. The van der Waals surface area contributed by atoms with Crippen LogP contribution >= 0.6 is 23.2 Å². The van der Waals surface area contributed by atoms with Gasteiger partial charge in [0.1, 0.15) is 4.75 Å². The van der Waals surface area contributed by atoms with Gasteiger partial charge in [0, 0.05) is 28.5 Å². The van der Waals surface area contributed by atoms with Gasteiger partial charge in [0.05, 0.1) is 17.9 Å². The number of carbonyl (C=O) groups is 2. The molecule has 10 heteroatoms. The summed E-state index contributed by atoms with van der Waals surface area (Å²) in [5.41, 5.74) is 1.29. The largest absolute Gasteiger partial charge is 0.481 e. The number of likely N-dealkylation sites (tertiary alicyclic amines) is 1. The Morgan fingerprint density at radius 3 is 2.25 bits per heavy atom. The molecular formula is C34H36Cl2N2O5S. The molecule has 2 aliphatic carbocycles. The minimum atomic E-state index is -3.78. The molecule has 3 aromatic carbocycles. The van der Waals surface area contributed by atoms with Crippen LogP contribution < -0.4 is 4.72 Å². The molecule has 1 aliphatic heterocycles. The Balaban J connectivity index is 1.43. The number of aliphatic carboxylic acids is 1. The van der Waals surface area contributed by atoms with Gasteiger partial charge in [0.15, 0.2) is 0 Å². The minimum absolute atomic E-state index is 0.0445. The summed E-state index contributed by atoms with van der Waals surface area (Å²) >= 11 is 12.7. The number of piperidine rings is 1. The predicted molar refractivity (Wildman–Crippen MR) is 171 cm³/mol. The molecule has 0 radical (unpaired) electrons. The van der Waals surface area contributed by atoms with E-state index in [1.54, 1.807) is 25.1 Å². The molecule has 44 heavy (non-hydrogen) atoms. The highest BCUT2D eigenvalue weighted by Crippen LogP contribution is 2.55. The average Bonchev–Trinajstić information content (AvgIpc) is 3.91. The van der Waals surface area contributed by atoms with Crippen molar-refractivity contribution in [2.45, 2.75) is 68.2 Å². The number of amides is 1. The fourth-order valence-electron chi connectivity index (χ4n) is 7.12. The maximum atomic E-state index is 14.6. The van der Waals surface area contributed by atoms with Crippen molar-refractivity contribution in [1.29, 1.82) is 0 Å². The smallest absolute Gasteiger partial charge is 0.304 e. The summed E-state index contributed by atoms with van der Waals surface area (Å²) in [5.74, 6) is -1.55. The molecule has 6 rings (SSSR count). The van der Waals surface area contributed by atoms with Crippen molar-refractivity contribution in [3.8, 4) is 0 Å². The monoisotopic (exact) mass is 654 g/mol. The van der Waals surface area contributed by atoms with E-state index in [0.29, 0.717) is 29.3 Å². The minimum Gasteiger partial charge on any atom is -0.481 e. The molecule has 2 N–H and O–H groups in total. The third-order valence-electron chi connectivity index (χ3n) is 9.66. The van der Waals surface area contributed by atoms with E-state index in [-0.39, 0.29) is 30.7 Å². The summed E-state index contributed by atoms with van der Waals surface area (Å²) in [6, 6.07) is 23.1. The lowest BCUT2D eigenvalue weighted by atomic mass is 9.67. The van der Waals surface area contributed by atoms with E-state index >= 15 is 0 Å². The van der Waals surface area contributed by atoms with E-state index in [2.05, 4.69) is 4.72 Å². The second-order valence-corrected chi connectivity index (χ2v) is 15.8. The zero-order chi connectivity index (χ0) is 31.3. The highest BCUT2D eigenvalue weighted by atomic mass is 35.5. The molecular weight excluding hydrogens is 619 g/mol. The molecule has 4 unspecified atom stereocenters. The van der Waals surface area contributed by atoms with Gasteiger partial charge in [-0.05, 0) is 79.0 Å². The van der Waals surface area contributed by atoms with Gasteiger partial charge in [-0.1, -0.05) is 84.7 Å². The number of hydrogen-bond donors (Lipinski definition) is 2. The van der Waals surface area contributed by atoms with Crippen LogP contribution in [0.3, 0.4) is 0 Å². The fraction of sp³-hybridized carbons (Fsp3) is 0.412. The van der Waals surface area contributed by atoms with Gasteiger partial charge in [-0.25, -0.2) is 13.1 Å². The van der Waals surface area contributed by atoms with Crippen LogP contribution in [0.4, 0.5) is 0 Å². The number of carboxylic acid groups (broad SMARTS) is 1. The maximum absolute atomic E-state index is 14.6. The quantitative estimate of drug-likeness (QED) is 0.234. The van der Waals surface area contributed by atoms with Crippen molar-refractivity contribution in [3.05, 3.63) is 106 Å². The number of hydrogen-bond acceptors (Lipinski definition) is 4. The Labute approximate surface area is 268 Å². The van der Waals surface area contributed by atoms with Crippen molar-refractivity contribution in [3.63, 3.8) is 0 Å². The first-order chi connectivity index (χ1) is 20.9. The SMILES string of the molecule is CC1(CC(=O)O)CC(c2cccc(Cl)c2)C(c2ccc(Cl)cc2)N(C(CNS(=O)(=O)C2(c3ccccc3)CC2)C2CC2)C1=O. The summed E-state index contributed by atoms with van der Waals surface area (Å²) in [6.45, 7) is 1.76. The summed E-state index contributed by atoms with van der Waals surface area (Å²) in [4.78, 5) is 28.6. The van der Waals surface area contributed by atoms with Crippen molar-refractivity contribution in [1.82, 2.24) is 9.62 Å². The fourth-order valence-corrected chi connectivity index (χ4v) is 9.20. The van der Waals surface area contributed by atoms with Gasteiger partial charge in [-0.15, -0.1) is 0 Å². The molecule has 3 aromatic rings. The average molecular weight is 656 g/mol. The van der Waals surface area contributed by atoms with E-state index in [4.69, 9.17) is 23.2 Å². The van der Waals surface area contributed by atoms with E-state index in [1.165, 1.54) is 0 Å². The maximum Gasteiger partial charge on any atom is 0.304 e. The van der Waals surface area contributed by atoms with Gasteiger partial charge in [0.25, 0.3) is 0 Å². The van der Waals surface area contributed by atoms with Crippen LogP contribution in [0.2, 0.25) is 10.0 Å². The van der Waals surface area contributed by atoms with Gasteiger partial charge in [-0.2, -0.15) is 0 Å². The number of carbonyl (C=O) groups excluding carboxylic acids is 1. The third kappa shape index (κ3) is 5.89. The van der Waals surface area contributed by atoms with E-state index < -0.39 is 38.2 Å². The Morgan fingerprint density at radius 1 is 0.977 bits per heavy atom. The van der Waals surface area contributed by atoms with Crippen LogP contribution in [0.15, 0.2) is 78.9 Å². The van der Waals surface area contributed by atoms with E-state index in [0.717, 1.165) is 29.5 Å². The van der Waals surface area contributed by atoms with E-state index in [1.807, 2.05) is 65.6 Å². The number of nitrogens with zero attached hydrogens (tertiary/aromatic N) is 1. The molecule has 0 bridgehead atoms. The first-order valence-electron chi connectivity index (χ1n) is 15.0. The second-order valence-electron chi connectivity index (χ2n) is 12.8. The standard InChI is InChI=1S/C34H36Cl2N2O5S/c1-33(20-30(39)40)19-28(24-6-5-9-27(36)18-24)31(23-12-14-26(35)15-13-23)38(32(33)41)29(22-10-11-22)21-37-44(42,43)34(16-17-34)25-7-3-2-4-8-25/h2-9,12-15,18,22,28-29,31,37H,10-11,16-17,19-21H2,1H3,(H,39,40). The van der Waals surface area contributed by atoms with Gasteiger partial charge >= 0.3 is 5.97 Å². The van der Waals surface area contributed by atoms with Crippen molar-refractivity contribution in [2.75, 3.05) is 6.54 Å². The number of rotatable bonds is 11. The molecule has 0 spiro atoms. The second kappa shape index (κ2) is 11.8. The van der Waals surface area contributed by atoms with Crippen molar-refractivity contribution in [2.24, 2.45) is 11.3 Å². The summed E-state index contributed by atoms with van der Waals surface area (Å²) in [5, 5.41) is 11.0. The Hall–Kier alpha value is -2.91. The number of nitrogens with one attached hydrogen (secondary N) is 1. The van der Waals surface area contributed by atoms with Crippen LogP contribution in [0, 0.1) is 11.3 Å².